The Hall–Kier alpha value is -1.22. The highest BCUT2D eigenvalue weighted by Gasteiger charge is 2.27. The number of allylic oxidation sites excluding steroid dienone is 3. The molecule has 0 aromatic carbocycles. The van der Waals surface area contributed by atoms with Crippen molar-refractivity contribution in [3.05, 3.63) is 24.3 Å². The molecule has 0 aliphatic heterocycles. The maximum Gasteiger partial charge on any atom is 0.267 e. The number of rotatable bonds is 25. The van der Waals surface area contributed by atoms with Gasteiger partial charge in [-0.1, -0.05) is 122 Å². The van der Waals surface area contributed by atoms with Gasteiger partial charge in [0.25, 0.3) is 10.1 Å². The highest BCUT2D eigenvalue weighted by atomic mass is 32.2. The minimum atomic E-state index is -4.43. The fourth-order valence-electron chi connectivity index (χ4n) is 4.17. The zero-order valence-corrected chi connectivity index (χ0v) is 24.3. The molecule has 0 aliphatic carbocycles. The lowest BCUT2D eigenvalue weighted by Gasteiger charge is -2.22. The van der Waals surface area contributed by atoms with E-state index in [1.54, 1.807) is 6.08 Å². The van der Waals surface area contributed by atoms with E-state index in [1.165, 1.54) is 70.3 Å². The SMILES string of the molecule is CCCCCCC/C=C/CC/C=C/C(O)C(CS(=O)(=O)O)NC(=O)C(O)CCCCCCCCCCC. The van der Waals surface area contributed by atoms with E-state index in [-0.39, 0.29) is 6.42 Å². The molecule has 4 N–H and O–H groups in total. The van der Waals surface area contributed by atoms with E-state index in [4.69, 9.17) is 0 Å². The van der Waals surface area contributed by atoms with Crippen LogP contribution in [0.5, 0.6) is 0 Å². The van der Waals surface area contributed by atoms with Gasteiger partial charge in [-0.3, -0.25) is 9.35 Å². The van der Waals surface area contributed by atoms with Crippen LogP contribution in [0.4, 0.5) is 0 Å². The molecule has 8 heteroatoms. The van der Waals surface area contributed by atoms with Gasteiger partial charge >= 0.3 is 0 Å². The van der Waals surface area contributed by atoms with E-state index in [1.807, 2.05) is 0 Å². The minimum Gasteiger partial charge on any atom is -0.387 e. The monoisotopic (exact) mass is 545 g/mol. The van der Waals surface area contributed by atoms with E-state index in [9.17, 15) is 28.0 Å². The van der Waals surface area contributed by atoms with Crippen LogP contribution in [-0.2, 0) is 14.9 Å². The highest BCUT2D eigenvalue weighted by molar-refractivity contribution is 7.85. The van der Waals surface area contributed by atoms with Gasteiger partial charge < -0.3 is 15.5 Å². The molecule has 0 spiro atoms. The maximum absolute atomic E-state index is 12.4. The molecule has 0 fully saturated rings. The van der Waals surface area contributed by atoms with Gasteiger partial charge in [0.2, 0.25) is 5.91 Å². The van der Waals surface area contributed by atoms with E-state index in [0.717, 1.165) is 32.1 Å². The van der Waals surface area contributed by atoms with E-state index in [2.05, 4.69) is 31.3 Å². The Morgan fingerprint density at radius 2 is 1.22 bits per heavy atom. The Kier molecular flexibility index (Phi) is 23.1. The molecule has 0 aromatic rings. The van der Waals surface area contributed by atoms with Crippen molar-refractivity contribution in [2.45, 2.75) is 148 Å². The lowest BCUT2D eigenvalue weighted by molar-refractivity contribution is -0.130. The van der Waals surface area contributed by atoms with Crippen LogP contribution in [0.15, 0.2) is 24.3 Å². The number of hydrogen-bond donors (Lipinski definition) is 4. The average Bonchev–Trinajstić information content (AvgIpc) is 2.84. The lowest BCUT2D eigenvalue weighted by atomic mass is 10.0. The van der Waals surface area contributed by atoms with Crippen LogP contribution in [-0.4, -0.2) is 53.1 Å². The molecule has 0 heterocycles. The van der Waals surface area contributed by atoms with Crippen LogP contribution in [0.25, 0.3) is 0 Å². The normalized spacial score (nSPS) is 14.8. The molecule has 3 unspecified atom stereocenters. The quantitative estimate of drug-likeness (QED) is 0.0610. The Morgan fingerprint density at radius 3 is 1.78 bits per heavy atom. The summed E-state index contributed by atoms with van der Waals surface area (Å²) in [4.78, 5) is 12.4. The van der Waals surface area contributed by atoms with Crippen molar-refractivity contribution in [3.8, 4) is 0 Å². The predicted molar refractivity (Wildman–Crippen MR) is 153 cm³/mol. The fraction of sp³-hybridized carbons (Fsp3) is 0.828. The first kappa shape index (κ1) is 35.8. The van der Waals surface area contributed by atoms with Crippen LogP contribution >= 0.6 is 0 Å². The van der Waals surface area contributed by atoms with Gasteiger partial charge in [0, 0.05) is 0 Å². The third-order valence-electron chi connectivity index (χ3n) is 6.49. The molecular formula is C29H55NO6S. The first-order valence-corrected chi connectivity index (χ1v) is 16.3. The molecule has 0 saturated carbocycles. The molecule has 218 valence electrons. The second kappa shape index (κ2) is 23.9. The van der Waals surface area contributed by atoms with Crippen molar-refractivity contribution in [1.82, 2.24) is 5.32 Å². The van der Waals surface area contributed by atoms with Crippen molar-refractivity contribution >= 4 is 16.0 Å². The van der Waals surface area contributed by atoms with Crippen molar-refractivity contribution in [3.63, 3.8) is 0 Å². The summed E-state index contributed by atoms with van der Waals surface area (Å²) < 4.78 is 32.1. The summed E-state index contributed by atoms with van der Waals surface area (Å²) in [6, 6.07) is -1.24. The lowest BCUT2D eigenvalue weighted by Crippen LogP contribution is -2.50. The molecular weight excluding hydrogens is 490 g/mol. The Morgan fingerprint density at radius 1 is 0.730 bits per heavy atom. The van der Waals surface area contributed by atoms with Crippen LogP contribution in [0.2, 0.25) is 0 Å². The van der Waals surface area contributed by atoms with Gasteiger partial charge in [-0.25, -0.2) is 0 Å². The van der Waals surface area contributed by atoms with Crippen LogP contribution in [0, 0.1) is 0 Å². The summed E-state index contributed by atoms with van der Waals surface area (Å²) in [5.41, 5.74) is 0. The number of carbonyl (C=O) groups is 1. The van der Waals surface area contributed by atoms with Crippen molar-refractivity contribution < 1.29 is 28.0 Å². The minimum absolute atomic E-state index is 0.275. The summed E-state index contributed by atoms with van der Waals surface area (Å²) in [6.45, 7) is 4.40. The van der Waals surface area contributed by atoms with E-state index < -0.39 is 40.0 Å². The molecule has 0 aliphatic rings. The molecule has 0 radical (unpaired) electrons. The standard InChI is InChI=1S/C29H55NO6S/c1-3-5-7-9-11-13-14-16-17-19-21-23-27(31)26(25-37(34,35)36)30-29(33)28(32)24-22-20-18-15-12-10-8-6-4-2/h14,16,21,23,26-28,31-32H,3-13,15,17-20,22,24-25H2,1-2H3,(H,30,33)(H,34,35,36)/b16-14+,23-21+. The number of amides is 1. The third kappa shape index (κ3) is 23.6. The number of unbranched alkanes of at least 4 members (excludes halogenated alkanes) is 14. The van der Waals surface area contributed by atoms with Gasteiger partial charge in [-0.15, -0.1) is 0 Å². The summed E-state index contributed by atoms with van der Waals surface area (Å²) >= 11 is 0. The smallest absolute Gasteiger partial charge is 0.267 e. The van der Waals surface area contributed by atoms with Gasteiger partial charge in [0.1, 0.15) is 6.10 Å². The van der Waals surface area contributed by atoms with Gasteiger partial charge in [-0.2, -0.15) is 8.42 Å². The number of aliphatic hydroxyl groups excluding tert-OH is 2. The van der Waals surface area contributed by atoms with E-state index >= 15 is 0 Å². The molecule has 0 saturated heterocycles. The fourth-order valence-corrected chi connectivity index (χ4v) is 4.91. The number of nitrogens with one attached hydrogen (secondary N) is 1. The van der Waals surface area contributed by atoms with Crippen LogP contribution in [0.1, 0.15) is 129 Å². The third-order valence-corrected chi connectivity index (χ3v) is 7.27. The Labute approximate surface area is 227 Å². The van der Waals surface area contributed by atoms with Crippen molar-refractivity contribution in [1.29, 1.82) is 0 Å². The first-order valence-electron chi connectivity index (χ1n) is 14.6. The molecule has 7 nitrogen and oxygen atoms in total. The van der Waals surface area contributed by atoms with Crippen molar-refractivity contribution in [2.75, 3.05) is 5.75 Å². The predicted octanol–water partition coefficient (Wildman–Crippen LogP) is 6.25. The molecule has 3 atom stereocenters. The Bertz CT molecular complexity index is 707. The number of carbonyl (C=O) groups excluding carboxylic acids is 1. The number of hydrogen-bond acceptors (Lipinski definition) is 5. The second-order valence-corrected chi connectivity index (χ2v) is 11.7. The van der Waals surface area contributed by atoms with Gasteiger partial charge in [-0.05, 0) is 32.1 Å². The molecule has 37 heavy (non-hydrogen) atoms. The zero-order chi connectivity index (χ0) is 27.8. The highest BCUT2D eigenvalue weighted by Crippen LogP contribution is 2.12. The number of aliphatic hydroxyl groups is 2. The first-order chi connectivity index (χ1) is 17.7. The van der Waals surface area contributed by atoms with Crippen LogP contribution in [0.3, 0.4) is 0 Å². The van der Waals surface area contributed by atoms with Crippen LogP contribution < -0.4 is 5.32 Å². The van der Waals surface area contributed by atoms with Crippen molar-refractivity contribution in [2.24, 2.45) is 0 Å². The average molecular weight is 546 g/mol. The maximum atomic E-state index is 12.4. The summed E-state index contributed by atoms with van der Waals surface area (Å²) in [7, 11) is -4.43. The molecule has 0 rings (SSSR count). The topological polar surface area (TPSA) is 124 Å². The summed E-state index contributed by atoms with van der Waals surface area (Å²) in [6.07, 6.45) is 23.9. The second-order valence-electron chi connectivity index (χ2n) is 10.2. The van der Waals surface area contributed by atoms with E-state index in [0.29, 0.717) is 12.8 Å². The van der Waals surface area contributed by atoms with Gasteiger partial charge in [0.15, 0.2) is 0 Å². The summed E-state index contributed by atoms with van der Waals surface area (Å²) in [5.74, 6) is -1.56. The van der Waals surface area contributed by atoms with Gasteiger partial charge in [0.05, 0.1) is 17.9 Å². The molecule has 1 amide bonds. The summed E-state index contributed by atoms with van der Waals surface area (Å²) in [5, 5.41) is 23.0. The Balaban J connectivity index is 4.37. The zero-order valence-electron chi connectivity index (χ0n) is 23.5. The molecule has 0 aromatic heterocycles. The largest absolute Gasteiger partial charge is 0.387 e. The molecule has 0 bridgehead atoms.